The van der Waals surface area contributed by atoms with Crippen LogP contribution in [0.3, 0.4) is 0 Å². The molecule has 2 aromatic rings. The molecule has 110 valence electrons. The number of rotatable bonds is 3. The second kappa shape index (κ2) is 5.55. The molecule has 0 aliphatic heterocycles. The number of aryl methyl sites for hydroxylation is 2. The van der Waals surface area contributed by atoms with Crippen LogP contribution in [0, 0.1) is 0 Å². The molecule has 0 saturated carbocycles. The van der Waals surface area contributed by atoms with Gasteiger partial charge in [0.05, 0.1) is 0 Å². The van der Waals surface area contributed by atoms with Crippen LogP contribution in [0.15, 0.2) is 42.5 Å². The van der Waals surface area contributed by atoms with Crippen molar-refractivity contribution in [3.05, 3.63) is 64.7 Å². The monoisotopic (exact) mass is 279 g/mol. The van der Waals surface area contributed by atoms with Crippen LogP contribution in [0.1, 0.15) is 49.4 Å². The molecule has 21 heavy (non-hydrogen) atoms. The molecule has 0 spiro atoms. The summed E-state index contributed by atoms with van der Waals surface area (Å²) in [6.45, 7) is 7.70. The molecule has 1 heteroatoms. The summed E-state index contributed by atoms with van der Waals surface area (Å²) in [6, 6.07) is 15.6. The van der Waals surface area contributed by atoms with Crippen molar-refractivity contribution in [2.24, 2.45) is 0 Å². The van der Waals surface area contributed by atoms with Gasteiger partial charge in [-0.2, -0.15) is 0 Å². The fraction of sp³-hybridized carbons (Fsp3) is 0.400. The van der Waals surface area contributed by atoms with Crippen molar-refractivity contribution in [3.8, 4) is 0 Å². The lowest BCUT2D eigenvalue weighted by Gasteiger charge is -2.23. The van der Waals surface area contributed by atoms with E-state index in [4.69, 9.17) is 0 Å². The Balaban J connectivity index is 1.76. The van der Waals surface area contributed by atoms with Crippen LogP contribution in [-0.2, 0) is 24.8 Å². The number of hydrogen-bond acceptors (Lipinski definition) is 1. The topological polar surface area (TPSA) is 12.0 Å². The third-order valence-electron chi connectivity index (χ3n) is 4.38. The van der Waals surface area contributed by atoms with E-state index in [9.17, 15) is 0 Å². The van der Waals surface area contributed by atoms with E-state index in [1.165, 1.54) is 36.1 Å². The molecule has 3 rings (SSSR count). The predicted octanol–water partition coefficient (Wildman–Crippen LogP) is 5.08. The molecule has 0 unspecified atom stereocenters. The maximum absolute atomic E-state index is 3.63. The zero-order chi connectivity index (χ0) is 14.9. The summed E-state index contributed by atoms with van der Waals surface area (Å²) >= 11 is 0. The number of fused-ring (bicyclic) bond motifs is 1. The van der Waals surface area contributed by atoms with Crippen LogP contribution >= 0.6 is 0 Å². The predicted molar refractivity (Wildman–Crippen MR) is 90.9 cm³/mol. The second-order valence-corrected chi connectivity index (χ2v) is 7.11. The first kappa shape index (κ1) is 14.2. The molecular formula is C20H25N. The molecule has 0 aromatic heterocycles. The molecule has 1 aliphatic rings. The molecule has 1 N–H and O–H groups in total. The molecule has 0 saturated heterocycles. The lowest BCUT2D eigenvalue weighted by atomic mass is 9.86. The molecular weight excluding hydrogens is 254 g/mol. The maximum Gasteiger partial charge on any atom is 0.0400 e. The highest BCUT2D eigenvalue weighted by Gasteiger charge is 2.17. The first-order valence-corrected chi connectivity index (χ1v) is 7.98. The second-order valence-electron chi connectivity index (χ2n) is 7.11. The summed E-state index contributed by atoms with van der Waals surface area (Å²) in [6.07, 6.45) is 3.83. The van der Waals surface area contributed by atoms with E-state index in [-0.39, 0.29) is 5.41 Å². The first-order chi connectivity index (χ1) is 10.0. The minimum Gasteiger partial charge on any atom is -0.381 e. The highest BCUT2D eigenvalue weighted by Crippen LogP contribution is 2.30. The third-order valence-corrected chi connectivity index (χ3v) is 4.38. The molecule has 0 atom stereocenters. The van der Waals surface area contributed by atoms with Gasteiger partial charge < -0.3 is 5.32 Å². The van der Waals surface area contributed by atoms with Gasteiger partial charge in [-0.3, -0.25) is 0 Å². The molecule has 0 fully saturated rings. The van der Waals surface area contributed by atoms with E-state index < -0.39 is 0 Å². The smallest absolute Gasteiger partial charge is 0.0400 e. The first-order valence-electron chi connectivity index (χ1n) is 7.98. The summed E-state index contributed by atoms with van der Waals surface area (Å²) in [5.41, 5.74) is 7.30. The molecule has 1 nitrogen and oxygen atoms in total. The standard InChI is InChI=1S/C20H25N/c1-20(2,3)18-9-4-5-10-19(18)21-14-15-11-12-16-7-6-8-17(16)13-15/h4-5,9-13,21H,6-8,14H2,1-3H3. The fourth-order valence-electron chi connectivity index (χ4n) is 3.22. The van der Waals surface area contributed by atoms with Gasteiger partial charge in [-0.05, 0) is 53.0 Å². The van der Waals surface area contributed by atoms with Crippen LogP contribution < -0.4 is 5.32 Å². The summed E-state index contributed by atoms with van der Waals surface area (Å²) < 4.78 is 0. The minimum absolute atomic E-state index is 0.168. The lowest BCUT2D eigenvalue weighted by Crippen LogP contribution is -2.14. The molecule has 2 aromatic carbocycles. The van der Waals surface area contributed by atoms with Crippen molar-refractivity contribution in [3.63, 3.8) is 0 Å². The fourth-order valence-corrected chi connectivity index (χ4v) is 3.22. The van der Waals surface area contributed by atoms with Gasteiger partial charge in [0.1, 0.15) is 0 Å². The van der Waals surface area contributed by atoms with Gasteiger partial charge in [0.25, 0.3) is 0 Å². The summed E-state index contributed by atoms with van der Waals surface area (Å²) in [7, 11) is 0. The van der Waals surface area contributed by atoms with E-state index in [1.807, 2.05) is 0 Å². The van der Waals surface area contributed by atoms with Crippen LogP contribution in [0.2, 0.25) is 0 Å². The summed E-state index contributed by atoms with van der Waals surface area (Å²) in [5.74, 6) is 0. The summed E-state index contributed by atoms with van der Waals surface area (Å²) in [5, 5.41) is 3.63. The van der Waals surface area contributed by atoms with Gasteiger partial charge >= 0.3 is 0 Å². The maximum atomic E-state index is 3.63. The third kappa shape index (κ3) is 3.12. The van der Waals surface area contributed by atoms with E-state index in [1.54, 1.807) is 11.1 Å². The Morgan fingerprint density at radius 1 is 0.952 bits per heavy atom. The zero-order valence-electron chi connectivity index (χ0n) is 13.4. The van der Waals surface area contributed by atoms with Gasteiger partial charge in [-0.15, -0.1) is 0 Å². The Hall–Kier alpha value is -1.76. The van der Waals surface area contributed by atoms with Gasteiger partial charge in [0.15, 0.2) is 0 Å². The van der Waals surface area contributed by atoms with Crippen LogP contribution in [0.25, 0.3) is 0 Å². The molecule has 0 heterocycles. The van der Waals surface area contributed by atoms with Gasteiger partial charge in [-0.25, -0.2) is 0 Å². The molecule has 0 amide bonds. The van der Waals surface area contributed by atoms with Crippen LogP contribution in [-0.4, -0.2) is 0 Å². The number of anilines is 1. The number of benzene rings is 2. The van der Waals surface area contributed by atoms with Crippen molar-refractivity contribution in [1.82, 2.24) is 0 Å². The van der Waals surface area contributed by atoms with Crippen molar-refractivity contribution in [2.75, 3.05) is 5.32 Å². The Kier molecular flexibility index (Phi) is 3.75. The van der Waals surface area contributed by atoms with Crippen LogP contribution in [0.4, 0.5) is 5.69 Å². The van der Waals surface area contributed by atoms with Crippen molar-refractivity contribution >= 4 is 5.69 Å². The van der Waals surface area contributed by atoms with E-state index in [2.05, 4.69) is 68.6 Å². The highest BCUT2D eigenvalue weighted by atomic mass is 14.9. The normalized spacial score (nSPS) is 14.0. The number of hydrogen-bond donors (Lipinski definition) is 1. The Morgan fingerprint density at radius 3 is 2.52 bits per heavy atom. The molecule has 1 aliphatic carbocycles. The largest absolute Gasteiger partial charge is 0.381 e. The summed E-state index contributed by atoms with van der Waals surface area (Å²) in [4.78, 5) is 0. The quantitative estimate of drug-likeness (QED) is 0.825. The zero-order valence-corrected chi connectivity index (χ0v) is 13.4. The minimum atomic E-state index is 0.168. The van der Waals surface area contributed by atoms with E-state index in [0.29, 0.717) is 0 Å². The Morgan fingerprint density at radius 2 is 1.71 bits per heavy atom. The highest BCUT2D eigenvalue weighted by molar-refractivity contribution is 5.54. The van der Waals surface area contributed by atoms with Crippen molar-refractivity contribution < 1.29 is 0 Å². The van der Waals surface area contributed by atoms with Crippen LogP contribution in [0.5, 0.6) is 0 Å². The number of para-hydroxylation sites is 1. The van der Waals surface area contributed by atoms with E-state index in [0.717, 1.165) is 6.54 Å². The SMILES string of the molecule is CC(C)(C)c1ccccc1NCc1ccc2c(c1)CCC2. The Bertz CT molecular complexity index is 635. The Labute approximate surface area is 128 Å². The average molecular weight is 279 g/mol. The molecule has 0 bridgehead atoms. The van der Waals surface area contributed by atoms with Crippen molar-refractivity contribution in [2.45, 2.75) is 52.0 Å². The lowest BCUT2D eigenvalue weighted by molar-refractivity contribution is 0.591. The average Bonchev–Trinajstić information content (AvgIpc) is 2.92. The van der Waals surface area contributed by atoms with Gasteiger partial charge in [0, 0.05) is 12.2 Å². The van der Waals surface area contributed by atoms with Gasteiger partial charge in [0.2, 0.25) is 0 Å². The van der Waals surface area contributed by atoms with Gasteiger partial charge in [-0.1, -0.05) is 57.2 Å². The molecule has 0 radical (unpaired) electrons. The van der Waals surface area contributed by atoms with E-state index >= 15 is 0 Å². The van der Waals surface area contributed by atoms with Crippen molar-refractivity contribution in [1.29, 1.82) is 0 Å². The number of nitrogens with one attached hydrogen (secondary N) is 1.